The zero-order chi connectivity index (χ0) is 18.4. The van der Waals surface area contributed by atoms with E-state index in [4.69, 9.17) is 5.73 Å². The lowest BCUT2D eigenvalue weighted by atomic mass is 9.71. The summed E-state index contributed by atoms with van der Waals surface area (Å²) < 4.78 is 0. The number of nitrogens with one attached hydrogen (secondary N) is 2. The molecule has 0 aliphatic rings. The number of rotatable bonds is 6. The van der Waals surface area contributed by atoms with Gasteiger partial charge in [0.15, 0.2) is 0 Å². The van der Waals surface area contributed by atoms with E-state index in [1.165, 1.54) is 0 Å². The predicted molar refractivity (Wildman–Crippen MR) is 115 cm³/mol. The Morgan fingerprint density at radius 3 is 0.917 bits per heavy atom. The van der Waals surface area contributed by atoms with E-state index in [0.717, 1.165) is 0 Å². The molecule has 0 rings (SSSR count). The number of hydrogen-bond donors (Lipinski definition) is 3. The van der Waals surface area contributed by atoms with Crippen molar-refractivity contribution in [2.45, 2.75) is 118 Å². The summed E-state index contributed by atoms with van der Waals surface area (Å²) in [4.78, 5) is 0. The lowest BCUT2D eigenvalue weighted by Crippen LogP contribution is -2.75. The quantitative estimate of drug-likeness (QED) is 0.608. The second kappa shape index (κ2) is 8.00. The third kappa shape index (κ3) is 6.64. The minimum atomic E-state index is -0.306. The van der Waals surface area contributed by atoms with Crippen molar-refractivity contribution in [3.05, 3.63) is 0 Å². The lowest BCUT2D eigenvalue weighted by molar-refractivity contribution is 0.0581. The molecule has 0 aromatic rings. The first-order valence-corrected chi connectivity index (χ1v) is 8.54. The fourth-order valence-electron chi connectivity index (χ4n) is 2.22. The fourth-order valence-corrected chi connectivity index (χ4v) is 2.22. The number of hydrogen-bond acceptors (Lipinski definition) is 3. The van der Waals surface area contributed by atoms with Crippen LogP contribution in [0.4, 0.5) is 0 Å². The molecule has 0 bridgehead atoms. The lowest BCUT2D eigenvalue weighted by Gasteiger charge is -2.55. The zero-order valence-corrected chi connectivity index (χ0v) is 20.0. The molecule has 0 aromatic heterocycles. The summed E-state index contributed by atoms with van der Waals surface area (Å²) in [5, 5.41) is 7.68. The highest BCUT2D eigenvalue weighted by atomic mass is 35.5. The normalized spacial score (nSPS) is 14.8. The molecule has 0 heterocycles. The molecular formula is C19H45Cl2N3. The summed E-state index contributed by atoms with van der Waals surface area (Å²) in [6.45, 7) is 29.0. The molecule has 0 aliphatic heterocycles. The summed E-state index contributed by atoms with van der Waals surface area (Å²) in [5.74, 6) is 0. The van der Waals surface area contributed by atoms with Gasteiger partial charge >= 0.3 is 0 Å². The van der Waals surface area contributed by atoms with Crippen LogP contribution in [0, 0.1) is 5.41 Å². The standard InChI is InChI=1S/C19H43N3.2ClH/c1-14(2,3)16(6,7)21-18(10,11)19(12,13)22-17(8,9)15(4,5)20;;/h21-22H,20H2,1-13H3;2*1H. The molecule has 0 fully saturated rings. The molecule has 0 atom stereocenters. The van der Waals surface area contributed by atoms with Gasteiger partial charge in [-0.15, -0.1) is 24.8 Å². The first-order chi connectivity index (χ1) is 9.16. The maximum absolute atomic E-state index is 6.38. The molecule has 3 nitrogen and oxygen atoms in total. The Labute approximate surface area is 164 Å². The van der Waals surface area contributed by atoms with E-state index in [9.17, 15) is 0 Å². The molecule has 0 amide bonds. The second-order valence-electron chi connectivity index (χ2n) is 10.7. The number of halogens is 2. The van der Waals surface area contributed by atoms with Crippen molar-refractivity contribution in [2.24, 2.45) is 11.1 Å². The van der Waals surface area contributed by atoms with Gasteiger partial charge in [-0.05, 0) is 74.7 Å². The highest BCUT2D eigenvalue weighted by molar-refractivity contribution is 5.85. The summed E-state index contributed by atoms with van der Waals surface area (Å²) >= 11 is 0. The van der Waals surface area contributed by atoms with Crippen LogP contribution in [0.2, 0.25) is 0 Å². The molecule has 4 N–H and O–H groups in total. The van der Waals surface area contributed by atoms with E-state index >= 15 is 0 Å². The van der Waals surface area contributed by atoms with Crippen molar-refractivity contribution in [1.82, 2.24) is 10.6 Å². The van der Waals surface area contributed by atoms with Crippen molar-refractivity contribution in [3.8, 4) is 0 Å². The van der Waals surface area contributed by atoms with Gasteiger partial charge in [0.2, 0.25) is 0 Å². The number of nitrogens with two attached hydrogens (primary N) is 1. The minimum Gasteiger partial charge on any atom is -0.324 e. The summed E-state index contributed by atoms with van der Waals surface area (Å²) in [5.41, 5.74) is 5.84. The maximum Gasteiger partial charge on any atom is 0.0307 e. The van der Waals surface area contributed by atoms with Crippen LogP contribution in [0.25, 0.3) is 0 Å². The Kier molecular flexibility index (Phi) is 9.74. The van der Waals surface area contributed by atoms with Gasteiger partial charge in [-0.1, -0.05) is 20.8 Å². The van der Waals surface area contributed by atoms with Crippen molar-refractivity contribution in [2.75, 3.05) is 0 Å². The zero-order valence-electron chi connectivity index (χ0n) is 18.4. The van der Waals surface area contributed by atoms with Crippen molar-refractivity contribution in [3.63, 3.8) is 0 Å². The molecule has 5 heteroatoms. The SMILES string of the molecule is CC(C)(C)C(C)(C)NC(C)(C)C(C)(C)NC(C)(C)C(C)(C)N.Cl.Cl. The van der Waals surface area contributed by atoms with E-state index in [2.05, 4.69) is 101 Å². The van der Waals surface area contributed by atoms with Gasteiger partial charge in [-0.3, -0.25) is 0 Å². The van der Waals surface area contributed by atoms with Crippen LogP contribution in [0.15, 0.2) is 0 Å². The minimum absolute atomic E-state index is 0. The van der Waals surface area contributed by atoms with E-state index < -0.39 is 0 Å². The van der Waals surface area contributed by atoms with E-state index in [1.54, 1.807) is 0 Å². The molecule has 150 valence electrons. The van der Waals surface area contributed by atoms with Gasteiger partial charge in [-0.25, -0.2) is 0 Å². The molecule has 0 unspecified atom stereocenters. The van der Waals surface area contributed by atoms with Crippen molar-refractivity contribution in [1.29, 1.82) is 0 Å². The van der Waals surface area contributed by atoms with Crippen LogP contribution in [0.3, 0.4) is 0 Å². The Balaban J connectivity index is -0.00000220. The highest BCUT2D eigenvalue weighted by Crippen LogP contribution is 2.35. The third-order valence-corrected chi connectivity index (χ3v) is 6.30. The maximum atomic E-state index is 6.38. The molecule has 0 aromatic carbocycles. The predicted octanol–water partition coefficient (Wildman–Crippen LogP) is 4.91. The molecule has 0 aliphatic carbocycles. The smallest absolute Gasteiger partial charge is 0.0307 e. The molecule has 0 saturated heterocycles. The summed E-state index contributed by atoms with van der Waals surface area (Å²) in [6, 6.07) is 0. The molecule has 0 spiro atoms. The largest absolute Gasteiger partial charge is 0.324 e. The Morgan fingerprint density at radius 2 is 0.708 bits per heavy atom. The first kappa shape index (κ1) is 29.2. The van der Waals surface area contributed by atoms with Gasteiger partial charge in [0, 0.05) is 27.7 Å². The fraction of sp³-hybridized carbons (Fsp3) is 1.00. The van der Waals surface area contributed by atoms with Crippen LogP contribution in [-0.2, 0) is 0 Å². The Bertz CT molecular complexity index is 348. The van der Waals surface area contributed by atoms with E-state index in [0.29, 0.717) is 0 Å². The van der Waals surface area contributed by atoms with Gasteiger partial charge in [0.05, 0.1) is 0 Å². The topological polar surface area (TPSA) is 50.1 Å². The molecule has 24 heavy (non-hydrogen) atoms. The van der Waals surface area contributed by atoms with Crippen LogP contribution in [0.1, 0.15) is 90.0 Å². The average molecular weight is 386 g/mol. The van der Waals surface area contributed by atoms with Crippen LogP contribution >= 0.6 is 24.8 Å². The van der Waals surface area contributed by atoms with Crippen LogP contribution in [-0.4, -0.2) is 27.7 Å². The Morgan fingerprint density at radius 1 is 0.458 bits per heavy atom. The van der Waals surface area contributed by atoms with Crippen LogP contribution < -0.4 is 16.4 Å². The third-order valence-electron chi connectivity index (χ3n) is 6.30. The monoisotopic (exact) mass is 385 g/mol. The molecular weight excluding hydrogens is 341 g/mol. The highest BCUT2D eigenvalue weighted by Gasteiger charge is 2.47. The molecule has 0 radical (unpaired) electrons. The summed E-state index contributed by atoms with van der Waals surface area (Å²) in [6.07, 6.45) is 0. The summed E-state index contributed by atoms with van der Waals surface area (Å²) in [7, 11) is 0. The van der Waals surface area contributed by atoms with Gasteiger partial charge < -0.3 is 16.4 Å². The van der Waals surface area contributed by atoms with Crippen molar-refractivity contribution < 1.29 is 0 Å². The molecule has 0 saturated carbocycles. The second-order valence-corrected chi connectivity index (χ2v) is 10.7. The van der Waals surface area contributed by atoms with Gasteiger partial charge in [-0.2, -0.15) is 0 Å². The van der Waals surface area contributed by atoms with Crippen LogP contribution in [0.5, 0.6) is 0 Å². The first-order valence-electron chi connectivity index (χ1n) is 8.54. The van der Waals surface area contributed by atoms with E-state index in [-0.39, 0.29) is 57.9 Å². The van der Waals surface area contributed by atoms with Gasteiger partial charge in [0.25, 0.3) is 0 Å². The average Bonchev–Trinajstić information content (AvgIpc) is 2.09. The van der Waals surface area contributed by atoms with Gasteiger partial charge in [0.1, 0.15) is 0 Å². The van der Waals surface area contributed by atoms with E-state index in [1.807, 2.05) is 0 Å². The Hall–Kier alpha value is 0.460. The van der Waals surface area contributed by atoms with Crippen molar-refractivity contribution >= 4 is 24.8 Å².